The molecule has 2 bridgehead atoms. The highest BCUT2D eigenvalue weighted by Gasteiger charge is 2.39. The number of piperidine rings is 3. The summed E-state index contributed by atoms with van der Waals surface area (Å²) in [5.41, 5.74) is 1.76. The molecule has 0 unspecified atom stereocenters. The Bertz CT molecular complexity index is 363. The average molecular weight is 261 g/mol. The Kier molecular flexibility index (Phi) is 4.87. The van der Waals surface area contributed by atoms with E-state index in [1.807, 2.05) is 13.8 Å². The fourth-order valence-corrected chi connectivity index (χ4v) is 2.98. The van der Waals surface area contributed by atoms with Gasteiger partial charge in [0.15, 0.2) is 0 Å². The molecule has 2 nitrogen and oxygen atoms in total. The van der Waals surface area contributed by atoms with Gasteiger partial charge in [-0.2, -0.15) is 0 Å². The molecule has 1 aromatic rings. The van der Waals surface area contributed by atoms with Gasteiger partial charge in [0.25, 0.3) is 0 Å². The molecule has 3 fully saturated rings. The lowest BCUT2D eigenvalue weighted by atomic mass is 9.73. The highest BCUT2D eigenvalue weighted by atomic mass is 16.5. The van der Waals surface area contributed by atoms with Crippen molar-refractivity contribution in [2.24, 2.45) is 5.41 Å². The maximum atomic E-state index is 6.00. The van der Waals surface area contributed by atoms with Crippen LogP contribution in [0.15, 0.2) is 24.3 Å². The Morgan fingerprint density at radius 1 is 1.00 bits per heavy atom. The van der Waals surface area contributed by atoms with E-state index in [1.54, 1.807) is 0 Å². The van der Waals surface area contributed by atoms with E-state index < -0.39 is 0 Å². The number of aryl methyl sites for hydroxylation is 1. The van der Waals surface area contributed by atoms with E-state index in [1.165, 1.54) is 44.5 Å². The van der Waals surface area contributed by atoms with Crippen molar-refractivity contribution in [2.45, 2.75) is 40.0 Å². The maximum absolute atomic E-state index is 6.00. The number of fused-ring (bicyclic) bond motifs is 3. The summed E-state index contributed by atoms with van der Waals surface area (Å²) in [7, 11) is 0. The van der Waals surface area contributed by atoms with E-state index in [0.29, 0.717) is 5.41 Å². The topological polar surface area (TPSA) is 12.5 Å². The Morgan fingerprint density at radius 2 is 1.53 bits per heavy atom. The minimum atomic E-state index is 0.472. The summed E-state index contributed by atoms with van der Waals surface area (Å²) in [6.45, 7) is 10.8. The molecule has 0 aliphatic carbocycles. The Morgan fingerprint density at radius 3 is 2.05 bits per heavy atom. The predicted octanol–water partition coefficient (Wildman–Crippen LogP) is 3.89. The van der Waals surface area contributed by atoms with Crippen LogP contribution in [0.3, 0.4) is 0 Å². The molecule has 0 atom stereocenters. The first-order valence-corrected chi connectivity index (χ1v) is 7.68. The molecule has 3 aliphatic rings. The summed E-state index contributed by atoms with van der Waals surface area (Å²) in [5, 5.41) is 0. The van der Waals surface area contributed by atoms with E-state index >= 15 is 0 Å². The van der Waals surface area contributed by atoms with Crippen LogP contribution < -0.4 is 4.74 Å². The van der Waals surface area contributed by atoms with Crippen LogP contribution in [0, 0.1) is 12.3 Å². The zero-order chi connectivity index (χ0) is 13.7. The van der Waals surface area contributed by atoms with Gasteiger partial charge in [-0.15, -0.1) is 0 Å². The lowest BCUT2D eigenvalue weighted by Crippen LogP contribution is -2.50. The molecular weight excluding hydrogens is 234 g/mol. The summed E-state index contributed by atoms with van der Waals surface area (Å²) in [6, 6.07) is 8.42. The zero-order valence-electron chi connectivity index (χ0n) is 12.6. The van der Waals surface area contributed by atoms with Crippen LogP contribution in [-0.2, 0) is 0 Å². The minimum Gasteiger partial charge on any atom is -0.493 e. The number of ether oxygens (including phenoxy) is 1. The average Bonchev–Trinajstić information content (AvgIpc) is 2.51. The molecule has 0 N–H and O–H groups in total. The molecule has 106 valence electrons. The summed E-state index contributed by atoms with van der Waals surface area (Å²) < 4.78 is 6.00. The first kappa shape index (κ1) is 14.4. The van der Waals surface area contributed by atoms with Crippen LogP contribution in [0.25, 0.3) is 0 Å². The van der Waals surface area contributed by atoms with Gasteiger partial charge in [0.1, 0.15) is 5.75 Å². The van der Waals surface area contributed by atoms with Crippen LogP contribution in [0.1, 0.15) is 38.7 Å². The molecule has 0 saturated carbocycles. The van der Waals surface area contributed by atoms with Gasteiger partial charge >= 0.3 is 0 Å². The van der Waals surface area contributed by atoms with E-state index in [-0.39, 0.29) is 0 Å². The maximum Gasteiger partial charge on any atom is 0.119 e. The van der Waals surface area contributed by atoms with Gasteiger partial charge in [-0.3, -0.25) is 0 Å². The number of hydrogen-bond donors (Lipinski definition) is 0. The SMILES string of the molecule is CC.Cc1ccc(OCC23CCN(CC2)CC3)cc1. The molecule has 3 saturated heterocycles. The third-order valence-corrected chi connectivity index (χ3v) is 4.44. The standard InChI is InChI=1S/C15H21NO.C2H6/c1-13-2-4-14(5-3-13)17-12-15-6-9-16(10-7-15)11-8-15;1-2/h2-5H,6-12H2,1H3;1-2H3. The smallest absolute Gasteiger partial charge is 0.119 e. The Hall–Kier alpha value is -1.02. The van der Waals surface area contributed by atoms with Crippen LogP contribution in [0.5, 0.6) is 5.75 Å². The molecular formula is C17H27NO. The lowest BCUT2D eigenvalue weighted by Gasteiger charge is -2.48. The van der Waals surface area contributed by atoms with Crippen molar-refractivity contribution in [3.63, 3.8) is 0 Å². The molecule has 1 aromatic carbocycles. The fraction of sp³-hybridized carbons (Fsp3) is 0.647. The van der Waals surface area contributed by atoms with Crippen molar-refractivity contribution < 1.29 is 4.74 Å². The molecule has 0 amide bonds. The van der Waals surface area contributed by atoms with Gasteiger partial charge in [-0.1, -0.05) is 31.5 Å². The van der Waals surface area contributed by atoms with Crippen molar-refractivity contribution in [3.8, 4) is 5.75 Å². The van der Waals surface area contributed by atoms with Crippen molar-refractivity contribution in [1.29, 1.82) is 0 Å². The lowest BCUT2D eigenvalue weighted by molar-refractivity contribution is -0.00766. The second-order valence-corrected chi connectivity index (χ2v) is 5.69. The first-order chi connectivity index (χ1) is 9.26. The fourth-order valence-electron chi connectivity index (χ4n) is 2.98. The Labute approximate surface area is 117 Å². The largest absolute Gasteiger partial charge is 0.493 e. The first-order valence-electron chi connectivity index (χ1n) is 7.68. The summed E-state index contributed by atoms with van der Waals surface area (Å²) in [6.07, 6.45) is 3.95. The van der Waals surface area contributed by atoms with E-state index in [2.05, 4.69) is 36.1 Å². The molecule has 0 radical (unpaired) electrons. The summed E-state index contributed by atoms with van der Waals surface area (Å²) >= 11 is 0. The third-order valence-electron chi connectivity index (χ3n) is 4.44. The highest BCUT2D eigenvalue weighted by Crippen LogP contribution is 2.40. The van der Waals surface area contributed by atoms with E-state index in [4.69, 9.17) is 4.74 Å². The molecule has 2 heteroatoms. The second kappa shape index (κ2) is 6.42. The molecule has 19 heavy (non-hydrogen) atoms. The van der Waals surface area contributed by atoms with Crippen LogP contribution in [0.4, 0.5) is 0 Å². The van der Waals surface area contributed by atoms with Crippen molar-refractivity contribution in [3.05, 3.63) is 29.8 Å². The van der Waals surface area contributed by atoms with Gasteiger partial charge in [0.05, 0.1) is 6.61 Å². The number of benzene rings is 1. The van der Waals surface area contributed by atoms with Crippen LogP contribution in [-0.4, -0.2) is 31.1 Å². The van der Waals surface area contributed by atoms with Gasteiger partial charge in [-0.25, -0.2) is 0 Å². The summed E-state index contributed by atoms with van der Waals surface area (Å²) in [4.78, 5) is 2.58. The van der Waals surface area contributed by atoms with Crippen LogP contribution >= 0.6 is 0 Å². The summed E-state index contributed by atoms with van der Waals surface area (Å²) in [5.74, 6) is 1.03. The van der Waals surface area contributed by atoms with Gasteiger partial charge in [0, 0.05) is 5.41 Å². The van der Waals surface area contributed by atoms with Gasteiger partial charge in [-0.05, 0) is 58.0 Å². The molecule has 3 aliphatic heterocycles. The van der Waals surface area contributed by atoms with E-state index in [9.17, 15) is 0 Å². The monoisotopic (exact) mass is 261 g/mol. The highest BCUT2D eigenvalue weighted by molar-refractivity contribution is 5.26. The minimum absolute atomic E-state index is 0.472. The molecule has 0 aromatic heterocycles. The molecule has 4 rings (SSSR count). The Balaban J connectivity index is 0.000000637. The van der Waals surface area contributed by atoms with Crippen molar-refractivity contribution in [2.75, 3.05) is 26.2 Å². The predicted molar refractivity (Wildman–Crippen MR) is 80.7 cm³/mol. The normalized spacial score (nSPS) is 28.5. The second-order valence-electron chi connectivity index (χ2n) is 5.69. The third kappa shape index (κ3) is 3.50. The number of nitrogens with zero attached hydrogens (tertiary/aromatic N) is 1. The van der Waals surface area contributed by atoms with Crippen molar-refractivity contribution in [1.82, 2.24) is 4.90 Å². The van der Waals surface area contributed by atoms with Crippen LogP contribution in [0.2, 0.25) is 0 Å². The van der Waals surface area contributed by atoms with E-state index in [0.717, 1.165) is 12.4 Å². The number of rotatable bonds is 3. The van der Waals surface area contributed by atoms with Gasteiger partial charge in [0.2, 0.25) is 0 Å². The quantitative estimate of drug-likeness (QED) is 0.818. The zero-order valence-corrected chi connectivity index (χ0v) is 12.6. The van der Waals surface area contributed by atoms with Crippen molar-refractivity contribution >= 4 is 0 Å². The van der Waals surface area contributed by atoms with Gasteiger partial charge < -0.3 is 9.64 Å². The molecule has 0 spiro atoms. The number of hydrogen-bond acceptors (Lipinski definition) is 2. The molecule has 3 heterocycles.